The van der Waals surface area contributed by atoms with Crippen molar-refractivity contribution in [3.63, 3.8) is 0 Å². The summed E-state index contributed by atoms with van der Waals surface area (Å²) in [4.78, 5) is 14.2. The SMILES string of the molecule is CC1CCC(C)N(C(=O)c2cccc(O)c2)C1. The summed E-state index contributed by atoms with van der Waals surface area (Å²) in [7, 11) is 0. The highest BCUT2D eigenvalue weighted by Gasteiger charge is 2.27. The first kappa shape index (κ1) is 12.0. The molecule has 1 N–H and O–H groups in total. The van der Waals surface area contributed by atoms with Crippen LogP contribution in [0.3, 0.4) is 0 Å². The second-order valence-electron chi connectivity index (χ2n) is 5.04. The van der Waals surface area contributed by atoms with Gasteiger partial charge in [-0.2, -0.15) is 0 Å². The lowest BCUT2D eigenvalue weighted by molar-refractivity contribution is 0.0573. The van der Waals surface area contributed by atoms with Gasteiger partial charge in [0.05, 0.1) is 0 Å². The van der Waals surface area contributed by atoms with Crippen molar-refractivity contribution in [1.82, 2.24) is 4.90 Å². The van der Waals surface area contributed by atoms with Gasteiger partial charge in [-0.15, -0.1) is 0 Å². The number of amides is 1. The van der Waals surface area contributed by atoms with Gasteiger partial charge in [0, 0.05) is 18.2 Å². The summed E-state index contributed by atoms with van der Waals surface area (Å²) in [6, 6.07) is 6.88. The van der Waals surface area contributed by atoms with Crippen molar-refractivity contribution >= 4 is 5.91 Å². The Bertz CT molecular complexity index is 416. The van der Waals surface area contributed by atoms with Crippen LogP contribution in [0.15, 0.2) is 24.3 Å². The summed E-state index contributed by atoms with van der Waals surface area (Å²) in [6.45, 7) is 5.08. The molecule has 17 heavy (non-hydrogen) atoms. The Hall–Kier alpha value is -1.51. The van der Waals surface area contributed by atoms with Gasteiger partial charge in [-0.1, -0.05) is 13.0 Å². The zero-order valence-electron chi connectivity index (χ0n) is 10.4. The molecule has 1 amide bonds. The molecule has 1 saturated heterocycles. The fourth-order valence-corrected chi connectivity index (χ4v) is 2.38. The fourth-order valence-electron chi connectivity index (χ4n) is 2.38. The highest BCUT2D eigenvalue weighted by atomic mass is 16.3. The number of benzene rings is 1. The van der Waals surface area contributed by atoms with E-state index in [4.69, 9.17) is 0 Å². The largest absolute Gasteiger partial charge is 0.508 e. The minimum Gasteiger partial charge on any atom is -0.508 e. The van der Waals surface area contributed by atoms with Crippen LogP contribution < -0.4 is 0 Å². The molecular formula is C14H19NO2. The molecule has 1 fully saturated rings. The van der Waals surface area contributed by atoms with Crippen LogP contribution in [0, 0.1) is 5.92 Å². The molecule has 1 aromatic carbocycles. The maximum atomic E-state index is 12.3. The third-order valence-corrected chi connectivity index (χ3v) is 3.47. The summed E-state index contributed by atoms with van der Waals surface area (Å²) >= 11 is 0. The number of carbonyl (C=O) groups excluding carboxylic acids is 1. The number of aromatic hydroxyl groups is 1. The summed E-state index contributed by atoms with van der Waals surface area (Å²) in [5, 5.41) is 9.41. The lowest BCUT2D eigenvalue weighted by atomic mass is 9.94. The second kappa shape index (κ2) is 4.78. The predicted octanol–water partition coefficient (Wildman–Crippen LogP) is 2.65. The predicted molar refractivity (Wildman–Crippen MR) is 67.0 cm³/mol. The number of hydrogen-bond acceptors (Lipinski definition) is 2. The summed E-state index contributed by atoms with van der Waals surface area (Å²) < 4.78 is 0. The smallest absolute Gasteiger partial charge is 0.254 e. The monoisotopic (exact) mass is 233 g/mol. The van der Waals surface area contributed by atoms with Gasteiger partial charge >= 0.3 is 0 Å². The van der Waals surface area contributed by atoms with Crippen LogP contribution in [-0.4, -0.2) is 28.5 Å². The van der Waals surface area contributed by atoms with Crippen molar-refractivity contribution in [2.45, 2.75) is 32.7 Å². The molecular weight excluding hydrogens is 214 g/mol. The van der Waals surface area contributed by atoms with E-state index in [2.05, 4.69) is 13.8 Å². The molecule has 3 nitrogen and oxygen atoms in total. The van der Waals surface area contributed by atoms with Gasteiger partial charge < -0.3 is 10.0 Å². The van der Waals surface area contributed by atoms with Gasteiger partial charge in [0.2, 0.25) is 0 Å². The Morgan fingerprint density at radius 1 is 1.35 bits per heavy atom. The highest BCUT2D eigenvalue weighted by Crippen LogP contribution is 2.24. The fraction of sp³-hybridized carbons (Fsp3) is 0.500. The van der Waals surface area contributed by atoms with Crippen molar-refractivity contribution in [1.29, 1.82) is 0 Å². The first-order chi connectivity index (χ1) is 8.08. The third kappa shape index (κ3) is 2.60. The van der Waals surface area contributed by atoms with E-state index < -0.39 is 0 Å². The molecule has 2 atom stereocenters. The van der Waals surface area contributed by atoms with Gasteiger partial charge in [-0.05, 0) is 43.9 Å². The van der Waals surface area contributed by atoms with Crippen LogP contribution in [0.4, 0.5) is 0 Å². The number of phenols is 1. The second-order valence-corrected chi connectivity index (χ2v) is 5.04. The van der Waals surface area contributed by atoms with Crippen LogP contribution in [0.1, 0.15) is 37.0 Å². The normalized spacial score (nSPS) is 24.7. The summed E-state index contributed by atoms with van der Waals surface area (Å²) in [5.41, 5.74) is 0.575. The van der Waals surface area contributed by atoms with Crippen LogP contribution in [0.25, 0.3) is 0 Å². The minimum atomic E-state index is 0.0277. The Balaban J connectivity index is 2.18. The number of phenolic OH excluding ortho intramolecular Hbond substituents is 1. The molecule has 1 aliphatic heterocycles. The zero-order chi connectivity index (χ0) is 12.4. The number of piperidine rings is 1. The third-order valence-electron chi connectivity index (χ3n) is 3.47. The van der Waals surface area contributed by atoms with Crippen molar-refractivity contribution in [3.8, 4) is 5.75 Å². The maximum absolute atomic E-state index is 12.3. The molecule has 2 rings (SSSR count). The van der Waals surface area contributed by atoms with E-state index in [1.165, 1.54) is 12.5 Å². The summed E-state index contributed by atoms with van der Waals surface area (Å²) in [5.74, 6) is 0.737. The van der Waals surface area contributed by atoms with E-state index in [1.54, 1.807) is 18.2 Å². The first-order valence-corrected chi connectivity index (χ1v) is 6.18. The molecule has 0 saturated carbocycles. The molecule has 3 heteroatoms. The van der Waals surface area contributed by atoms with Crippen LogP contribution in [0.2, 0.25) is 0 Å². The van der Waals surface area contributed by atoms with E-state index in [-0.39, 0.29) is 11.7 Å². The number of carbonyl (C=O) groups is 1. The maximum Gasteiger partial charge on any atom is 0.254 e. The Morgan fingerprint density at radius 2 is 2.12 bits per heavy atom. The van der Waals surface area contributed by atoms with E-state index >= 15 is 0 Å². The first-order valence-electron chi connectivity index (χ1n) is 6.18. The number of likely N-dealkylation sites (tertiary alicyclic amines) is 1. The quantitative estimate of drug-likeness (QED) is 0.810. The van der Waals surface area contributed by atoms with E-state index in [9.17, 15) is 9.90 Å². The standard InChI is InChI=1S/C14H19NO2/c1-10-6-7-11(2)15(9-10)14(17)12-4-3-5-13(16)8-12/h3-5,8,10-11,16H,6-7,9H2,1-2H3. The van der Waals surface area contributed by atoms with Gasteiger partial charge in [0.1, 0.15) is 5.75 Å². The minimum absolute atomic E-state index is 0.0277. The lowest BCUT2D eigenvalue weighted by Crippen LogP contribution is -2.44. The molecule has 1 aromatic rings. The van der Waals surface area contributed by atoms with Gasteiger partial charge in [-0.3, -0.25) is 4.79 Å². The van der Waals surface area contributed by atoms with E-state index in [0.29, 0.717) is 17.5 Å². The average molecular weight is 233 g/mol. The number of nitrogens with zero attached hydrogens (tertiary/aromatic N) is 1. The number of hydrogen-bond donors (Lipinski definition) is 1. The topological polar surface area (TPSA) is 40.5 Å². The molecule has 0 bridgehead atoms. The molecule has 1 aliphatic rings. The van der Waals surface area contributed by atoms with Crippen LogP contribution in [-0.2, 0) is 0 Å². The van der Waals surface area contributed by atoms with Gasteiger partial charge in [-0.25, -0.2) is 0 Å². The van der Waals surface area contributed by atoms with Gasteiger partial charge in [0.15, 0.2) is 0 Å². The van der Waals surface area contributed by atoms with Crippen molar-refractivity contribution in [3.05, 3.63) is 29.8 Å². The van der Waals surface area contributed by atoms with Crippen molar-refractivity contribution in [2.24, 2.45) is 5.92 Å². The molecule has 0 aromatic heterocycles. The molecule has 0 aliphatic carbocycles. The Kier molecular flexibility index (Phi) is 3.36. The van der Waals surface area contributed by atoms with Crippen molar-refractivity contribution < 1.29 is 9.90 Å². The van der Waals surface area contributed by atoms with E-state index in [1.807, 2.05) is 4.90 Å². The highest BCUT2D eigenvalue weighted by molar-refractivity contribution is 5.94. The van der Waals surface area contributed by atoms with Crippen LogP contribution in [0.5, 0.6) is 5.75 Å². The molecule has 0 spiro atoms. The molecule has 1 heterocycles. The number of rotatable bonds is 1. The molecule has 2 unspecified atom stereocenters. The van der Waals surface area contributed by atoms with E-state index in [0.717, 1.165) is 13.0 Å². The summed E-state index contributed by atoms with van der Waals surface area (Å²) in [6.07, 6.45) is 2.25. The van der Waals surface area contributed by atoms with Crippen molar-refractivity contribution in [2.75, 3.05) is 6.54 Å². The lowest BCUT2D eigenvalue weighted by Gasteiger charge is -2.36. The zero-order valence-corrected chi connectivity index (χ0v) is 10.4. The Labute approximate surface area is 102 Å². The molecule has 92 valence electrons. The van der Waals surface area contributed by atoms with Gasteiger partial charge in [0.25, 0.3) is 5.91 Å². The Morgan fingerprint density at radius 3 is 2.82 bits per heavy atom. The molecule has 0 radical (unpaired) electrons. The van der Waals surface area contributed by atoms with Crippen LogP contribution >= 0.6 is 0 Å². The average Bonchev–Trinajstić information content (AvgIpc) is 2.31.